The molecule has 0 saturated carbocycles. The van der Waals surface area contributed by atoms with Gasteiger partial charge in [-0.3, -0.25) is 9.69 Å². The van der Waals surface area contributed by atoms with Crippen LogP contribution in [-0.4, -0.2) is 98.5 Å². The summed E-state index contributed by atoms with van der Waals surface area (Å²) < 4.78 is 26.5. The molecule has 0 radical (unpaired) electrons. The molecule has 2 fully saturated rings. The quantitative estimate of drug-likeness (QED) is 0.125. The third kappa shape index (κ3) is 10.1. The largest absolute Gasteiger partial charge is 0.481 e. The van der Waals surface area contributed by atoms with Crippen molar-refractivity contribution in [3.8, 4) is 5.88 Å². The number of nitrogens with one attached hydrogen (secondary N) is 1. The normalized spacial score (nSPS) is 16.8. The average molecular weight is 909 g/mol. The van der Waals surface area contributed by atoms with E-state index in [1.54, 1.807) is 19.2 Å². The standard InChI is InChI=1S/C32H31BrN2O2.C16H20FN3O3S/c1-35(2)19-18-32(36,28-15-9-13-22-10-7-8-14-26(22)28)30(23-11-5-4-6-12-23)27-21-24-20-25(33)16-17-29(24)34-31(27)37-3;1-11(21)18-9-13-10-20(16(22)23-13)12-2-3-15(14(17)8-12)19-4-6-24-7-5-19/h4-17,20-21,30,36H,18-19H2,1-3H3;2-3,8,13H,4-7,9-10H2,1H3,(H,18,21)/t30-,32-;13-/m10/s1. The molecule has 13 heteroatoms. The van der Waals surface area contributed by atoms with Crippen molar-refractivity contribution in [2.45, 2.75) is 31.0 Å². The lowest BCUT2D eigenvalue weighted by atomic mass is 9.70. The first-order chi connectivity index (χ1) is 29.4. The van der Waals surface area contributed by atoms with Crippen LogP contribution in [0, 0.1) is 5.82 Å². The molecule has 61 heavy (non-hydrogen) atoms. The fraction of sp³-hybridized carbons (Fsp3) is 0.312. The van der Waals surface area contributed by atoms with Crippen molar-refractivity contribution >= 4 is 72.7 Å². The van der Waals surface area contributed by atoms with Gasteiger partial charge in [-0.05, 0) is 84.9 Å². The second kappa shape index (κ2) is 19.7. The van der Waals surface area contributed by atoms with Crippen LogP contribution in [-0.2, 0) is 15.1 Å². The fourth-order valence-electron chi connectivity index (χ4n) is 8.13. The number of halogens is 2. The van der Waals surface area contributed by atoms with Crippen molar-refractivity contribution in [3.63, 3.8) is 0 Å². The molecule has 3 heterocycles. The topological polar surface area (TPSA) is 107 Å². The Kier molecular flexibility index (Phi) is 14.1. The van der Waals surface area contributed by atoms with E-state index in [9.17, 15) is 19.1 Å². The Morgan fingerprint density at radius 1 is 1.00 bits per heavy atom. The average Bonchev–Trinajstić information content (AvgIpc) is 3.65. The van der Waals surface area contributed by atoms with Gasteiger partial charge < -0.3 is 29.7 Å². The molecular formula is C48H51BrFN5O5S. The summed E-state index contributed by atoms with van der Waals surface area (Å²) in [6.07, 6.45) is -0.428. The first kappa shape index (κ1) is 43.9. The highest BCUT2D eigenvalue weighted by Gasteiger charge is 2.43. The number of amides is 2. The molecule has 2 amide bonds. The molecule has 10 nitrogen and oxygen atoms in total. The van der Waals surface area contributed by atoms with Gasteiger partial charge in [0.05, 0.1) is 37.1 Å². The summed E-state index contributed by atoms with van der Waals surface area (Å²) in [5.74, 6) is 1.56. The third-order valence-electron chi connectivity index (χ3n) is 11.1. The molecule has 0 bridgehead atoms. The molecule has 6 aromatic rings. The zero-order chi connectivity index (χ0) is 43.1. The maximum atomic E-state index is 14.5. The molecule has 0 unspecified atom stereocenters. The molecule has 2 saturated heterocycles. The number of rotatable bonds is 12. The summed E-state index contributed by atoms with van der Waals surface area (Å²) in [7, 11) is 5.73. The minimum Gasteiger partial charge on any atom is -0.481 e. The van der Waals surface area contributed by atoms with Crippen LogP contribution in [0.5, 0.6) is 5.88 Å². The zero-order valence-corrected chi connectivity index (χ0v) is 37.2. The summed E-state index contributed by atoms with van der Waals surface area (Å²) in [6.45, 7) is 4.30. The van der Waals surface area contributed by atoms with Gasteiger partial charge in [0, 0.05) is 59.4 Å². The maximum Gasteiger partial charge on any atom is 0.414 e. The Hall–Kier alpha value is -5.21. The van der Waals surface area contributed by atoms with Crippen molar-refractivity contribution in [2.75, 3.05) is 75.2 Å². The Labute approximate surface area is 369 Å². The first-order valence-electron chi connectivity index (χ1n) is 20.3. The minimum absolute atomic E-state index is 0.181. The number of anilines is 2. The molecule has 2 aliphatic rings. The molecule has 8 rings (SSSR count). The van der Waals surface area contributed by atoms with Crippen LogP contribution in [0.1, 0.15) is 36.0 Å². The molecule has 2 N–H and O–H groups in total. The van der Waals surface area contributed by atoms with Crippen molar-refractivity contribution in [1.82, 2.24) is 15.2 Å². The predicted molar refractivity (Wildman–Crippen MR) is 248 cm³/mol. The van der Waals surface area contributed by atoms with E-state index in [4.69, 9.17) is 14.5 Å². The number of ether oxygens (including phenoxy) is 2. The minimum atomic E-state index is -1.25. The lowest BCUT2D eigenvalue weighted by Crippen LogP contribution is -2.38. The second-order valence-electron chi connectivity index (χ2n) is 15.6. The molecular weight excluding hydrogens is 858 g/mol. The van der Waals surface area contributed by atoms with E-state index in [-0.39, 0.29) is 24.8 Å². The molecule has 3 atom stereocenters. The van der Waals surface area contributed by atoms with Gasteiger partial charge in [0.25, 0.3) is 0 Å². The number of aliphatic hydroxyl groups is 1. The number of benzene rings is 5. The third-order valence-corrected chi connectivity index (χ3v) is 12.6. The summed E-state index contributed by atoms with van der Waals surface area (Å²) in [5.41, 5.74) is 3.40. The van der Waals surface area contributed by atoms with Gasteiger partial charge in [-0.25, -0.2) is 14.2 Å². The summed E-state index contributed by atoms with van der Waals surface area (Å²) in [6, 6.07) is 37.6. The van der Waals surface area contributed by atoms with Gasteiger partial charge in [0.2, 0.25) is 11.8 Å². The van der Waals surface area contributed by atoms with Gasteiger partial charge in [0.15, 0.2) is 0 Å². The van der Waals surface area contributed by atoms with Crippen molar-refractivity contribution < 1.29 is 28.6 Å². The van der Waals surface area contributed by atoms with Crippen molar-refractivity contribution in [3.05, 3.63) is 142 Å². The van der Waals surface area contributed by atoms with E-state index >= 15 is 0 Å². The highest BCUT2D eigenvalue weighted by molar-refractivity contribution is 9.10. The van der Waals surface area contributed by atoms with Gasteiger partial charge in [-0.15, -0.1) is 0 Å². The van der Waals surface area contributed by atoms with Gasteiger partial charge in [0.1, 0.15) is 17.5 Å². The van der Waals surface area contributed by atoms with Crippen LogP contribution in [0.25, 0.3) is 21.7 Å². The number of hydrogen-bond donors (Lipinski definition) is 2. The number of nitrogens with zero attached hydrogens (tertiary/aromatic N) is 4. The van der Waals surface area contributed by atoms with Gasteiger partial charge >= 0.3 is 6.09 Å². The highest BCUT2D eigenvalue weighted by Crippen LogP contribution is 2.49. The summed E-state index contributed by atoms with van der Waals surface area (Å²) in [4.78, 5) is 33.3. The Balaban J connectivity index is 0.000000202. The summed E-state index contributed by atoms with van der Waals surface area (Å²) >= 11 is 5.47. The molecule has 1 aromatic heterocycles. The number of hydrogen-bond acceptors (Lipinski definition) is 9. The van der Waals surface area contributed by atoms with Crippen LogP contribution in [0.3, 0.4) is 0 Å². The number of aromatic nitrogens is 1. The van der Waals surface area contributed by atoms with E-state index in [1.807, 2.05) is 79.3 Å². The van der Waals surface area contributed by atoms with Crippen LogP contribution in [0.4, 0.5) is 20.6 Å². The van der Waals surface area contributed by atoms with Crippen LogP contribution >= 0.6 is 27.7 Å². The highest BCUT2D eigenvalue weighted by atomic mass is 79.9. The zero-order valence-electron chi connectivity index (χ0n) is 34.8. The number of pyridine rings is 1. The first-order valence-corrected chi connectivity index (χ1v) is 22.3. The van der Waals surface area contributed by atoms with E-state index in [0.717, 1.165) is 67.4 Å². The van der Waals surface area contributed by atoms with E-state index < -0.39 is 23.7 Å². The lowest BCUT2D eigenvalue weighted by Gasteiger charge is -2.39. The van der Waals surface area contributed by atoms with E-state index in [0.29, 0.717) is 30.2 Å². The lowest BCUT2D eigenvalue weighted by molar-refractivity contribution is -0.119. The van der Waals surface area contributed by atoms with Gasteiger partial charge in [-0.1, -0.05) is 88.7 Å². The van der Waals surface area contributed by atoms with Gasteiger partial charge in [-0.2, -0.15) is 11.8 Å². The fourth-order valence-corrected chi connectivity index (χ4v) is 9.41. The number of thioether (sulfide) groups is 1. The van der Waals surface area contributed by atoms with Crippen molar-refractivity contribution in [2.24, 2.45) is 0 Å². The number of carbonyl (C=O) groups is 2. The number of carbonyl (C=O) groups excluding carboxylic acids is 2. The monoisotopic (exact) mass is 907 g/mol. The molecule has 318 valence electrons. The second-order valence-corrected chi connectivity index (χ2v) is 17.7. The summed E-state index contributed by atoms with van der Waals surface area (Å²) in [5, 5.41) is 18.8. The molecule has 2 aliphatic heterocycles. The molecule has 0 spiro atoms. The maximum absolute atomic E-state index is 14.5. The van der Waals surface area contributed by atoms with Crippen LogP contribution in [0.15, 0.2) is 120 Å². The molecule has 5 aromatic carbocycles. The Morgan fingerprint density at radius 3 is 2.46 bits per heavy atom. The SMILES string of the molecule is CC(=O)NC[C@H]1CN(c2ccc(N3CCSCC3)c(F)c2)C(=O)O1.COc1nc2ccc(Br)cc2cc1[C@@H](c1ccccc1)[C@@](O)(CCN(C)C)c1cccc2ccccc12. The number of cyclic esters (lactones) is 1. The van der Waals surface area contributed by atoms with Crippen LogP contribution in [0.2, 0.25) is 0 Å². The number of fused-ring (bicyclic) bond motifs is 2. The van der Waals surface area contributed by atoms with E-state index in [1.165, 1.54) is 17.9 Å². The number of methoxy groups -OCH3 is 1. The molecule has 0 aliphatic carbocycles. The predicted octanol–water partition coefficient (Wildman–Crippen LogP) is 8.97. The smallest absolute Gasteiger partial charge is 0.414 e. The Bertz CT molecular complexity index is 2480. The van der Waals surface area contributed by atoms with Crippen LogP contribution < -0.4 is 19.9 Å². The Morgan fingerprint density at radius 2 is 1.74 bits per heavy atom. The van der Waals surface area contributed by atoms with E-state index in [2.05, 4.69) is 74.7 Å². The van der Waals surface area contributed by atoms with Crippen molar-refractivity contribution in [1.29, 1.82) is 0 Å².